The summed E-state index contributed by atoms with van der Waals surface area (Å²) in [6, 6.07) is 1.43. The first-order valence-corrected chi connectivity index (χ1v) is 6.73. The molecule has 0 amide bonds. The molecule has 0 radical (unpaired) electrons. The van der Waals surface area contributed by atoms with Crippen LogP contribution in [-0.2, 0) is 0 Å². The molecule has 102 valence electrons. The van der Waals surface area contributed by atoms with Crippen LogP contribution >= 0.6 is 11.6 Å². The molecule has 0 heterocycles. The molecule has 0 spiro atoms. The van der Waals surface area contributed by atoms with Gasteiger partial charge in [-0.2, -0.15) is 0 Å². The van der Waals surface area contributed by atoms with Gasteiger partial charge in [0.15, 0.2) is 11.6 Å². The highest BCUT2D eigenvalue weighted by atomic mass is 35.5. The van der Waals surface area contributed by atoms with Crippen LogP contribution in [0.25, 0.3) is 0 Å². The Balaban J connectivity index is 2.94. The molecule has 0 aliphatic carbocycles. The molecule has 0 aromatic heterocycles. The van der Waals surface area contributed by atoms with Gasteiger partial charge in [0.25, 0.3) is 0 Å². The highest BCUT2D eigenvalue weighted by molar-refractivity contribution is 6.21. The van der Waals surface area contributed by atoms with Crippen molar-refractivity contribution in [2.45, 2.75) is 44.9 Å². The molecule has 2 unspecified atom stereocenters. The standard InChI is InChI=1S/C14H18ClF3/c1-3-5-6-9(4-2)14(15)10-7-12(17)13(18)8-11(10)16/h7-9,14H,3-6H2,1-2H3. The third-order valence-electron chi connectivity index (χ3n) is 3.20. The van der Waals surface area contributed by atoms with E-state index in [4.69, 9.17) is 11.6 Å². The van der Waals surface area contributed by atoms with E-state index in [9.17, 15) is 13.2 Å². The minimum Gasteiger partial charge on any atom is -0.207 e. The van der Waals surface area contributed by atoms with Crippen molar-refractivity contribution >= 4 is 11.6 Å². The van der Waals surface area contributed by atoms with Crippen molar-refractivity contribution in [2.75, 3.05) is 0 Å². The summed E-state index contributed by atoms with van der Waals surface area (Å²) in [4.78, 5) is 0. The first-order valence-electron chi connectivity index (χ1n) is 6.29. The van der Waals surface area contributed by atoms with Crippen molar-refractivity contribution in [3.05, 3.63) is 35.1 Å². The maximum Gasteiger partial charge on any atom is 0.161 e. The highest BCUT2D eigenvalue weighted by Crippen LogP contribution is 2.36. The molecule has 0 aliphatic rings. The van der Waals surface area contributed by atoms with Gasteiger partial charge in [0.1, 0.15) is 5.82 Å². The minimum absolute atomic E-state index is 0.0542. The first-order chi connectivity index (χ1) is 8.51. The van der Waals surface area contributed by atoms with Crippen LogP contribution < -0.4 is 0 Å². The highest BCUT2D eigenvalue weighted by Gasteiger charge is 2.23. The zero-order valence-corrected chi connectivity index (χ0v) is 11.4. The van der Waals surface area contributed by atoms with E-state index >= 15 is 0 Å². The molecule has 4 heteroatoms. The quantitative estimate of drug-likeness (QED) is 0.469. The maximum atomic E-state index is 13.6. The topological polar surface area (TPSA) is 0 Å². The van der Waals surface area contributed by atoms with Gasteiger partial charge in [0.2, 0.25) is 0 Å². The molecule has 1 aromatic carbocycles. The van der Waals surface area contributed by atoms with Gasteiger partial charge in [0, 0.05) is 11.6 Å². The summed E-state index contributed by atoms with van der Waals surface area (Å²) < 4.78 is 39.6. The second kappa shape index (κ2) is 7.03. The van der Waals surface area contributed by atoms with E-state index in [2.05, 4.69) is 6.92 Å². The number of hydrogen-bond acceptors (Lipinski definition) is 0. The Labute approximate surface area is 111 Å². The third kappa shape index (κ3) is 3.64. The lowest BCUT2D eigenvalue weighted by molar-refractivity contribution is 0.422. The number of rotatable bonds is 6. The van der Waals surface area contributed by atoms with Crippen LogP contribution in [0.1, 0.15) is 50.5 Å². The Kier molecular flexibility index (Phi) is 6.00. The lowest BCUT2D eigenvalue weighted by Crippen LogP contribution is -2.10. The molecule has 0 N–H and O–H groups in total. The van der Waals surface area contributed by atoms with Crippen molar-refractivity contribution in [3.8, 4) is 0 Å². The van der Waals surface area contributed by atoms with Crippen LogP contribution in [0.5, 0.6) is 0 Å². The van der Waals surface area contributed by atoms with E-state index in [1.165, 1.54) is 0 Å². The second-order valence-electron chi connectivity index (χ2n) is 4.50. The molecule has 1 rings (SSSR count). The van der Waals surface area contributed by atoms with Gasteiger partial charge in [-0.25, -0.2) is 13.2 Å². The van der Waals surface area contributed by atoms with Crippen molar-refractivity contribution in [1.29, 1.82) is 0 Å². The SMILES string of the molecule is CCCCC(CC)C(Cl)c1cc(F)c(F)cc1F. The number of unbranched alkanes of at least 4 members (excludes halogenated alkanes) is 1. The Hall–Kier alpha value is -0.700. The summed E-state index contributed by atoms with van der Waals surface area (Å²) in [5.74, 6) is -2.93. The van der Waals surface area contributed by atoms with Crippen LogP contribution in [0.15, 0.2) is 12.1 Å². The summed E-state index contributed by atoms with van der Waals surface area (Å²) >= 11 is 6.21. The molecule has 1 aromatic rings. The first kappa shape index (κ1) is 15.4. The van der Waals surface area contributed by atoms with E-state index in [0.717, 1.165) is 31.7 Å². The zero-order valence-electron chi connectivity index (χ0n) is 10.6. The Morgan fingerprint density at radius 1 is 1.06 bits per heavy atom. The van der Waals surface area contributed by atoms with Crippen molar-refractivity contribution in [2.24, 2.45) is 5.92 Å². The molecule has 2 atom stereocenters. The van der Waals surface area contributed by atoms with Gasteiger partial charge in [-0.15, -0.1) is 11.6 Å². The molecule has 18 heavy (non-hydrogen) atoms. The Morgan fingerprint density at radius 3 is 2.22 bits per heavy atom. The van der Waals surface area contributed by atoms with Crippen LogP contribution in [0, 0.1) is 23.4 Å². The molecule has 0 fully saturated rings. The summed E-state index contributed by atoms with van der Waals surface area (Å²) in [5.41, 5.74) is 0.0542. The molecule has 0 nitrogen and oxygen atoms in total. The van der Waals surface area contributed by atoms with Gasteiger partial charge in [-0.1, -0.05) is 33.1 Å². The molecule has 0 saturated carbocycles. The van der Waals surface area contributed by atoms with Crippen molar-refractivity contribution in [1.82, 2.24) is 0 Å². The van der Waals surface area contributed by atoms with E-state index in [0.29, 0.717) is 6.07 Å². The average Bonchev–Trinajstić information content (AvgIpc) is 2.34. The molecule has 0 aliphatic heterocycles. The van der Waals surface area contributed by atoms with Crippen molar-refractivity contribution < 1.29 is 13.2 Å². The lowest BCUT2D eigenvalue weighted by atomic mass is 9.91. The fraction of sp³-hybridized carbons (Fsp3) is 0.571. The molecular formula is C14H18ClF3. The molecule has 0 bridgehead atoms. The molecule has 0 saturated heterocycles. The Bertz CT molecular complexity index is 393. The summed E-state index contributed by atoms with van der Waals surface area (Å²) in [6.45, 7) is 4.03. The molecular weight excluding hydrogens is 261 g/mol. The summed E-state index contributed by atoms with van der Waals surface area (Å²) in [7, 11) is 0. The fourth-order valence-electron chi connectivity index (χ4n) is 2.03. The van der Waals surface area contributed by atoms with Crippen LogP contribution in [-0.4, -0.2) is 0 Å². The largest absolute Gasteiger partial charge is 0.207 e. The smallest absolute Gasteiger partial charge is 0.161 e. The van der Waals surface area contributed by atoms with Crippen LogP contribution in [0.4, 0.5) is 13.2 Å². The number of hydrogen-bond donors (Lipinski definition) is 0. The van der Waals surface area contributed by atoms with E-state index in [1.807, 2.05) is 6.92 Å². The monoisotopic (exact) mass is 278 g/mol. The lowest BCUT2D eigenvalue weighted by Gasteiger charge is -2.21. The maximum absolute atomic E-state index is 13.6. The normalized spacial score (nSPS) is 14.6. The average molecular weight is 279 g/mol. The predicted molar refractivity (Wildman–Crippen MR) is 68.2 cm³/mol. The zero-order chi connectivity index (χ0) is 13.7. The second-order valence-corrected chi connectivity index (χ2v) is 4.97. The summed E-state index contributed by atoms with van der Waals surface area (Å²) in [6.07, 6.45) is 3.67. The van der Waals surface area contributed by atoms with E-state index < -0.39 is 22.8 Å². The van der Waals surface area contributed by atoms with E-state index in [1.54, 1.807) is 0 Å². The fourth-order valence-corrected chi connectivity index (χ4v) is 2.50. The predicted octanol–water partition coefficient (Wildman–Crippen LogP) is 5.60. The van der Waals surface area contributed by atoms with Crippen molar-refractivity contribution in [3.63, 3.8) is 0 Å². The van der Waals surface area contributed by atoms with Crippen LogP contribution in [0.3, 0.4) is 0 Å². The van der Waals surface area contributed by atoms with Gasteiger partial charge in [0.05, 0.1) is 5.38 Å². The van der Waals surface area contributed by atoms with Gasteiger partial charge >= 0.3 is 0 Å². The Morgan fingerprint density at radius 2 is 1.67 bits per heavy atom. The van der Waals surface area contributed by atoms with E-state index in [-0.39, 0.29) is 11.5 Å². The number of alkyl halides is 1. The number of benzene rings is 1. The van der Waals surface area contributed by atoms with Gasteiger partial charge in [-0.3, -0.25) is 0 Å². The third-order valence-corrected chi connectivity index (χ3v) is 3.79. The summed E-state index contributed by atoms with van der Waals surface area (Å²) in [5, 5.41) is -0.614. The number of halogens is 4. The van der Waals surface area contributed by atoms with Gasteiger partial charge in [-0.05, 0) is 18.4 Å². The minimum atomic E-state index is -1.18. The van der Waals surface area contributed by atoms with Gasteiger partial charge < -0.3 is 0 Å². The van der Waals surface area contributed by atoms with Crippen LogP contribution in [0.2, 0.25) is 0 Å².